The zero-order chi connectivity index (χ0) is 30.2. The quantitative estimate of drug-likeness (QED) is 0.207. The van der Waals surface area contributed by atoms with Gasteiger partial charge in [0.2, 0.25) is 0 Å². The van der Waals surface area contributed by atoms with Crippen LogP contribution in [0.5, 0.6) is 0 Å². The molecule has 214 valence electrons. The third-order valence-corrected chi connectivity index (χ3v) is 9.62. The second kappa shape index (κ2) is 9.43. The first-order valence-corrected chi connectivity index (χ1v) is 15.6. The first-order chi connectivity index (χ1) is 22.8. The third-order valence-electron chi connectivity index (χ3n) is 9.62. The van der Waals surface area contributed by atoms with Crippen molar-refractivity contribution in [1.29, 1.82) is 0 Å². The minimum atomic E-state index is -0.573. The van der Waals surface area contributed by atoms with Gasteiger partial charge in [-0.1, -0.05) is 133 Å². The smallest absolute Gasteiger partial charge is 0.162 e. The van der Waals surface area contributed by atoms with Gasteiger partial charge >= 0.3 is 0 Å². The van der Waals surface area contributed by atoms with Crippen LogP contribution in [0.1, 0.15) is 22.5 Å². The van der Waals surface area contributed by atoms with Crippen LogP contribution in [0.25, 0.3) is 61.8 Å². The predicted molar refractivity (Wildman–Crippen MR) is 184 cm³/mol. The summed E-state index contributed by atoms with van der Waals surface area (Å²) in [6.07, 6.45) is 0. The van der Waals surface area contributed by atoms with Gasteiger partial charge in [-0.15, -0.1) is 0 Å². The molecule has 2 aliphatic rings. The van der Waals surface area contributed by atoms with Gasteiger partial charge in [0.05, 0.1) is 28.1 Å². The molecule has 8 aromatic rings. The van der Waals surface area contributed by atoms with Crippen LogP contribution in [-0.2, 0) is 5.41 Å². The Morgan fingerprint density at radius 1 is 0.435 bits per heavy atom. The Morgan fingerprint density at radius 3 is 1.61 bits per heavy atom. The average Bonchev–Trinajstić information content (AvgIpc) is 3.76. The maximum atomic E-state index is 5.43. The van der Waals surface area contributed by atoms with Crippen LogP contribution in [0.4, 0.5) is 0 Å². The molecule has 0 bridgehead atoms. The summed E-state index contributed by atoms with van der Waals surface area (Å²) in [6.45, 7) is 0. The van der Waals surface area contributed by atoms with Crippen LogP contribution < -0.4 is 0 Å². The monoisotopic (exact) mass is 586 g/mol. The van der Waals surface area contributed by atoms with E-state index in [1.807, 2.05) is 12.1 Å². The number of benzene rings is 6. The van der Waals surface area contributed by atoms with Gasteiger partial charge in [0.1, 0.15) is 11.2 Å². The molecule has 0 unspecified atom stereocenters. The van der Waals surface area contributed by atoms with Crippen molar-refractivity contribution in [3.05, 3.63) is 180 Å². The summed E-state index contributed by atoms with van der Waals surface area (Å²) < 4.78 is 2.37. The summed E-state index contributed by atoms with van der Waals surface area (Å²) in [5, 5.41) is 0. The van der Waals surface area contributed by atoms with Gasteiger partial charge in [-0.25, -0.2) is 15.0 Å². The molecule has 0 saturated heterocycles. The van der Waals surface area contributed by atoms with Crippen LogP contribution in [0.3, 0.4) is 0 Å². The highest BCUT2D eigenvalue weighted by atomic mass is 15.1. The Bertz CT molecular complexity index is 2370. The zero-order valence-corrected chi connectivity index (χ0v) is 24.8. The Kier molecular flexibility index (Phi) is 5.17. The Labute approximate surface area is 266 Å². The van der Waals surface area contributed by atoms with E-state index in [1.165, 1.54) is 27.8 Å². The molecular weight excluding hydrogens is 560 g/mol. The van der Waals surface area contributed by atoms with Crippen molar-refractivity contribution in [3.63, 3.8) is 0 Å². The fourth-order valence-electron chi connectivity index (χ4n) is 7.74. The van der Waals surface area contributed by atoms with Crippen molar-refractivity contribution < 1.29 is 0 Å². The third kappa shape index (κ3) is 3.30. The van der Waals surface area contributed by atoms with Crippen LogP contribution in [0.2, 0.25) is 0 Å². The lowest BCUT2D eigenvalue weighted by Gasteiger charge is -2.27. The number of rotatable bonds is 3. The van der Waals surface area contributed by atoms with Gasteiger partial charge in [-0.05, 0) is 52.1 Å². The molecule has 3 heterocycles. The molecule has 0 fully saturated rings. The fraction of sp³-hybridized carbons (Fsp3) is 0.0238. The van der Waals surface area contributed by atoms with E-state index in [9.17, 15) is 0 Å². The molecule has 2 aromatic heterocycles. The molecule has 4 nitrogen and oxygen atoms in total. The Morgan fingerprint density at radius 2 is 0.957 bits per heavy atom. The molecule has 0 atom stereocenters. The van der Waals surface area contributed by atoms with Gasteiger partial charge in [0, 0.05) is 16.7 Å². The first kappa shape index (κ1) is 25.2. The Hall–Kier alpha value is -6.13. The van der Waals surface area contributed by atoms with Crippen LogP contribution >= 0.6 is 0 Å². The second-order valence-electron chi connectivity index (χ2n) is 12.0. The number of aromatic nitrogens is 4. The van der Waals surface area contributed by atoms with Gasteiger partial charge in [0.15, 0.2) is 5.82 Å². The summed E-state index contributed by atoms with van der Waals surface area (Å²) in [5.41, 5.74) is 13.7. The highest BCUT2D eigenvalue weighted by Crippen LogP contribution is 2.61. The van der Waals surface area contributed by atoms with Crippen LogP contribution in [0, 0.1) is 0 Å². The molecule has 0 radical (unpaired) electrons. The standard InChI is InChI=1S/C42H26N4/c1-3-14-27(15-4-1)36-26-37(28-16-5-2-6-17-28)44-40(43-36)31-20-13-23-34-39(31)46-38-25-12-11-24-35(38)45-41(46)42(34)32-21-9-7-18-29(32)30-19-8-10-22-33(30)42/h1-26H. The van der Waals surface area contributed by atoms with Gasteiger partial charge in [-0.2, -0.15) is 0 Å². The van der Waals surface area contributed by atoms with E-state index >= 15 is 0 Å². The lowest BCUT2D eigenvalue weighted by Crippen LogP contribution is -2.27. The SMILES string of the molecule is c1ccc(-c2cc(-c3ccccc3)nc(-c3cccc4c3-n3c(nc5ccccc53)C43c4ccccc4-c4ccccc43)n2)cc1. The van der Waals surface area contributed by atoms with E-state index < -0.39 is 5.41 Å². The number of hydrogen-bond acceptors (Lipinski definition) is 3. The van der Waals surface area contributed by atoms with E-state index in [4.69, 9.17) is 15.0 Å². The maximum absolute atomic E-state index is 5.43. The number of nitrogens with zero attached hydrogens (tertiary/aromatic N) is 4. The van der Waals surface area contributed by atoms with Crippen molar-refractivity contribution in [2.75, 3.05) is 0 Å². The van der Waals surface area contributed by atoms with Gasteiger partial charge in [-0.3, -0.25) is 4.57 Å². The molecule has 6 aromatic carbocycles. The van der Waals surface area contributed by atoms with Crippen molar-refractivity contribution >= 4 is 11.0 Å². The molecule has 1 spiro atoms. The summed E-state index contributed by atoms with van der Waals surface area (Å²) >= 11 is 0. The molecule has 0 saturated carbocycles. The number of imidazole rings is 1. The average molecular weight is 587 g/mol. The molecule has 1 aliphatic carbocycles. The molecule has 4 heteroatoms. The summed E-state index contributed by atoms with van der Waals surface area (Å²) in [7, 11) is 0. The van der Waals surface area contributed by atoms with Gasteiger partial charge in [0.25, 0.3) is 0 Å². The highest BCUT2D eigenvalue weighted by molar-refractivity contribution is 5.94. The van der Waals surface area contributed by atoms with Gasteiger partial charge < -0.3 is 0 Å². The Balaban J connectivity index is 1.33. The topological polar surface area (TPSA) is 43.6 Å². The number of hydrogen-bond donors (Lipinski definition) is 0. The van der Waals surface area contributed by atoms with Crippen molar-refractivity contribution in [3.8, 4) is 50.7 Å². The number of fused-ring (bicyclic) bond motifs is 12. The van der Waals surface area contributed by atoms with Crippen molar-refractivity contribution in [1.82, 2.24) is 19.5 Å². The zero-order valence-electron chi connectivity index (χ0n) is 24.8. The van der Waals surface area contributed by atoms with E-state index in [0.29, 0.717) is 5.82 Å². The molecular formula is C42H26N4. The molecule has 46 heavy (non-hydrogen) atoms. The van der Waals surface area contributed by atoms with E-state index in [1.54, 1.807) is 0 Å². The van der Waals surface area contributed by atoms with Crippen LogP contribution in [0.15, 0.2) is 158 Å². The van der Waals surface area contributed by atoms with E-state index in [-0.39, 0.29) is 0 Å². The molecule has 0 N–H and O–H groups in total. The molecule has 0 amide bonds. The lowest BCUT2D eigenvalue weighted by atomic mass is 9.72. The fourth-order valence-corrected chi connectivity index (χ4v) is 7.74. The summed E-state index contributed by atoms with van der Waals surface area (Å²) in [4.78, 5) is 16.0. The summed E-state index contributed by atoms with van der Waals surface area (Å²) in [6, 6.07) is 55.5. The second-order valence-corrected chi connectivity index (χ2v) is 12.0. The minimum Gasteiger partial charge on any atom is -0.294 e. The predicted octanol–water partition coefficient (Wildman–Crippen LogP) is 9.49. The van der Waals surface area contributed by atoms with Crippen LogP contribution in [-0.4, -0.2) is 19.5 Å². The van der Waals surface area contributed by atoms with E-state index in [2.05, 4.69) is 150 Å². The molecule has 10 rings (SSSR count). The van der Waals surface area contributed by atoms with Crippen molar-refractivity contribution in [2.45, 2.75) is 5.41 Å². The largest absolute Gasteiger partial charge is 0.294 e. The first-order valence-electron chi connectivity index (χ1n) is 15.6. The number of para-hydroxylation sites is 3. The lowest BCUT2D eigenvalue weighted by molar-refractivity contribution is 0.738. The normalized spacial score (nSPS) is 13.4. The summed E-state index contributed by atoms with van der Waals surface area (Å²) in [5.74, 6) is 1.70. The van der Waals surface area contributed by atoms with E-state index in [0.717, 1.165) is 50.6 Å². The van der Waals surface area contributed by atoms with Crippen molar-refractivity contribution in [2.24, 2.45) is 0 Å². The molecule has 1 aliphatic heterocycles. The minimum absolute atomic E-state index is 0.573. The maximum Gasteiger partial charge on any atom is 0.162 e. The highest BCUT2D eigenvalue weighted by Gasteiger charge is 2.54.